The van der Waals surface area contributed by atoms with Gasteiger partial charge in [-0.25, -0.2) is 0 Å². The lowest BCUT2D eigenvalue weighted by molar-refractivity contribution is -0.126. The standard InChI is InChI=1S/C26H33N3O3/c30-19-24-11-6-14-29(24)18-23-10-5-4-9-22(23)17-27-25(31)20-12-15-28(16-13-20)26(32)21-7-2-1-3-8-21/h1-5,7-10,20,24,30H,6,11-19H2,(H,27,31)/t24-/m0/s1. The Balaban J connectivity index is 1.28. The topological polar surface area (TPSA) is 72.9 Å². The van der Waals surface area contributed by atoms with Crippen molar-refractivity contribution in [2.45, 2.75) is 44.8 Å². The maximum absolute atomic E-state index is 12.8. The first-order valence-corrected chi connectivity index (χ1v) is 11.7. The molecule has 2 aromatic carbocycles. The number of nitrogens with zero attached hydrogens (tertiary/aromatic N) is 2. The molecule has 4 rings (SSSR count). The number of benzene rings is 2. The van der Waals surface area contributed by atoms with Gasteiger partial charge in [0.15, 0.2) is 0 Å². The van der Waals surface area contributed by atoms with E-state index in [-0.39, 0.29) is 30.4 Å². The van der Waals surface area contributed by atoms with Crippen molar-refractivity contribution in [2.24, 2.45) is 5.92 Å². The molecule has 0 bridgehead atoms. The van der Waals surface area contributed by atoms with E-state index in [1.807, 2.05) is 47.4 Å². The largest absolute Gasteiger partial charge is 0.395 e. The summed E-state index contributed by atoms with van der Waals surface area (Å²) in [4.78, 5) is 29.6. The van der Waals surface area contributed by atoms with Gasteiger partial charge in [0, 0.05) is 43.7 Å². The number of nitrogens with one attached hydrogen (secondary N) is 1. The van der Waals surface area contributed by atoms with Gasteiger partial charge in [-0.1, -0.05) is 42.5 Å². The second-order valence-electron chi connectivity index (χ2n) is 8.87. The predicted octanol–water partition coefficient (Wildman–Crippen LogP) is 2.81. The van der Waals surface area contributed by atoms with Crippen molar-refractivity contribution < 1.29 is 14.7 Å². The Labute approximate surface area is 190 Å². The van der Waals surface area contributed by atoms with E-state index in [1.54, 1.807) is 0 Å². The van der Waals surface area contributed by atoms with E-state index in [2.05, 4.69) is 22.3 Å². The molecule has 170 valence electrons. The van der Waals surface area contributed by atoms with E-state index in [0.29, 0.717) is 38.0 Å². The van der Waals surface area contributed by atoms with Crippen LogP contribution in [0.1, 0.15) is 47.2 Å². The Bertz CT molecular complexity index is 910. The second kappa shape index (κ2) is 10.7. The lowest BCUT2D eigenvalue weighted by Crippen LogP contribution is -2.43. The quantitative estimate of drug-likeness (QED) is 0.702. The zero-order valence-corrected chi connectivity index (χ0v) is 18.6. The molecule has 0 radical (unpaired) electrons. The van der Waals surface area contributed by atoms with Crippen LogP contribution in [0.3, 0.4) is 0 Å². The van der Waals surface area contributed by atoms with Crippen LogP contribution < -0.4 is 5.32 Å². The number of carbonyl (C=O) groups excluding carboxylic acids is 2. The second-order valence-corrected chi connectivity index (χ2v) is 8.87. The van der Waals surface area contributed by atoms with Gasteiger partial charge in [0.2, 0.25) is 5.91 Å². The summed E-state index contributed by atoms with van der Waals surface area (Å²) in [7, 11) is 0. The highest BCUT2D eigenvalue weighted by Crippen LogP contribution is 2.22. The van der Waals surface area contributed by atoms with Crippen molar-refractivity contribution in [2.75, 3.05) is 26.2 Å². The molecule has 6 nitrogen and oxygen atoms in total. The third kappa shape index (κ3) is 5.37. The van der Waals surface area contributed by atoms with Crippen LogP contribution in [0.2, 0.25) is 0 Å². The number of rotatable bonds is 7. The van der Waals surface area contributed by atoms with Crippen LogP contribution in [0.4, 0.5) is 0 Å². The normalized spacial score (nSPS) is 19.8. The van der Waals surface area contributed by atoms with Gasteiger partial charge in [0.05, 0.1) is 6.61 Å². The monoisotopic (exact) mass is 435 g/mol. The summed E-state index contributed by atoms with van der Waals surface area (Å²) in [6.07, 6.45) is 3.55. The molecule has 32 heavy (non-hydrogen) atoms. The molecule has 2 aliphatic heterocycles. The molecular formula is C26H33N3O3. The van der Waals surface area contributed by atoms with E-state index in [0.717, 1.165) is 31.5 Å². The van der Waals surface area contributed by atoms with Gasteiger partial charge in [0.25, 0.3) is 5.91 Å². The highest BCUT2D eigenvalue weighted by atomic mass is 16.3. The summed E-state index contributed by atoms with van der Waals surface area (Å²) < 4.78 is 0. The van der Waals surface area contributed by atoms with E-state index in [9.17, 15) is 14.7 Å². The molecule has 2 aromatic rings. The predicted molar refractivity (Wildman–Crippen MR) is 124 cm³/mol. The van der Waals surface area contributed by atoms with Gasteiger partial charge >= 0.3 is 0 Å². The third-order valence-corrected chi connectivity index (χ3v) is 6.83. The summed E-state index contributed by atoms with van der Waals surface area (Å²) in [6, 6.07) is 17.8. The van der Waals surface area contributed by atoms with Crippen LogP contribution in [-0.2, 0) is 17.9 Å². The first kappa shape index (κ1) is 22.5. The van der Waals surface area contributed by atoms with E-state index in [4.69, 9.17) is 0 Å². The van der Waals surface area contributed by atoms with Gasteiger partial charge < -0.3 is 15.3 Å². The molecule has 0 saturated carbocycles. The maximum atomic E-state index is 12.8. The Morgan fingerprint density at radius 3 is 2.31 bits per heavy atom. The van der Waals surface area contributed by atoms with Crippen LogP contribution in [-0.4, -0.2) is 59.0 Å². The summed E-state index contributed by atoms with van der Waals surface area (Å²) in [5.41, 5.74) is 3.03. The van der Waals surface area contributed by atoms with Crippen molar-refractivity contribution >= 4 is 11.8 Å². The summed E-state index contributed by atoms with van der Waals surface area (Å²) in [6.45, 7) is 3.74. The van der Waals surface area contributed by atoms with Crippen molar-refractivity contribution in [3.05, 3.63) is 71.3 Å². The third-order valence-electron chi connectivity index (χ3n) is 6.83. The van der Waals surface area contributed by atoms with E-state index >= 15 is 0 Å². The minimum absolute atomic E-state index is 0.0430. The fourth-order valence-electron chi connectivity index (χ4n) is 4.85. The van der Waals surface area contributed by atoms with E-state index < -0.39 is 0 Å². The molecule has 0 aliphatic carbocycles. The minimum atomic E-state index is -0.0562. The smallest absolute Gasteiger partial charge is 0.253 e. The number of aliphatic hydroxyl groups excluding tert-OH is 1. The number of aliphatic hydroxyl groups is 1. The van der Waals surface area contributed by atoms with Gasteiger partial charge in [-0.2, -0.15) is 0 Å². The van der Waals surface area contributed by atoms with Crippen LogP contribution >= 0.6 is 0 Å². The van der Waals surface area contributed by atoms with Crippen molar-refractivity contribution in [1.82, 2.24) is 15.1 Å². The molecule has 2 saturated heterocycles. The molecule has 2 N–H and O–H groups in total. The van der Waals surface area contributed by atoms with Gasteiger partial charge in [0.1, 0.15) is 0 Å². The number of hydrogen-bond acceptors (Lipinski definition) is 4. The van der Waals surface area contributed by atoms with Crippen LogP contribution in [0.25, 0.3) is 0 Å². The Morgan fingerprint density at radius 1 is 0.906 bits per heavy atom. The molecule has 0 unspecified atom stereocenters. The highest BCUT2D eigenvalue weighted by Gasteiger charge is 2.28. The van der Waals surface area contributed by atoms with Crippen LogP contribution in [0.5, 0.6) is 0 Å². The van der Waals surface area contributed by atoms with Gasteiger partial charge in [-0.3, -0.25) is 14.5 Å². The molecule has 1 atom stereocenters. The molecule has 0 spiro atoms. The maximum Gasteiger partial charge on any atom is 0.253 e. The molecule has 2 aliphatic rings. The van der Waals surface area contributed by atoms with Crippen molar-refractivity contribution in [3.8, 4) is 0 Å². The zero-order valence-electron chi connectivity index (χ0n) is 18.6. The minimum Gasteiger partial charge on any atom is -0.395 e. The van der Waals surface area contributed by atoms with Crippen LogP contribution in [0.15, 0.2) is 54.6 Å². The average Bonchev–Trinajstić information content (AvgIpc) is 3.30. The fraction of sp³-hybridized carbons (Fsp3) is 0.462. The Hall–Kier alpha value is -2.70. The lowest BCUT2D eigenvalue weighted by Gasteiger charge is -2.31. The molecule has 2 fully saturated rings. The Kier molecular flexibility index (Phi) is 7.55. The molecule has 2 amide bonds. The average molecular weight is 436 g/mol. The summed E-state index contributed by atoms with van der Waals surface area (Å²) >= 11 is 0. The molecule has 0 aromatic heterocycles. The fourth-order valence-corrected chi connectivity index (χ4v) is 4.85. The molecule has 2 heterocycles. The molecule has 6 heteroatoms. The first-order valence-electron chi connectivity index (χ1n) is 11.7. The lowest BCUT2D eigenvalue weighted by atomic mass is 9.95. The van der Waals surface area contributed by atoms with Crippen LogP contribution in [0, 0.1) is 5.92 Å². The number of hydrogen-bond donors (Lipinski definition) is 2. The number of piperidine rings is 1. The number of likely N-dealkylation sites (tertiary alicyclic amines) is 2. The van der Waals surface area contributed by atoms with Crippen molar-refractivity contribution in [1.29, 1.82) is 0 Å². The van der Waals surface area contributed by atoms with Gasteiger partial charge in [-0.05, 0) is 55.5 Å². The number of carbonyl (C=O) groups is 2. The highest BCUT2D eigenvalue weighted by molar-refractivity contribution is 5.94. The SMILES string of the molecule is O=C(NCc1ccccc1CN1CCC[C@H]1CO)C1CCN(C(=O)c2ccccc2)CC1. The summed E-state index contributed by atoms with van der Waals surface area (Å²) in [5.74, 6) is 0.0573. The number of amides is 2. The zero-order chi connectivity index (χ0) is 22.3. The summed E-state index contributed by atoms with van der Waals surface area (Å²) in [5, 5.41) is 12.7. The van der Waals surface area contributed by atoms with Gasteiger partial charge in [-0.15, -0.1) is 0 Å². The van der Waals surface area contributed by atoms with E-state index in [1.165, 1.54) is 5.56 Å². The molecular weight excluding hydrogens is 402 g/mol. The Morgan fingerprint density at radius 2 is 1.59 bits per heavy atom. The van der Waals surface area contributed by atoms with Crippen molar-refractivity contribution in [3.63, 3.8) is 0 Å². The first-order chi connectivity index (χ1) is 15.7.